The fourth-order valence-corrected chi connectivity index (χ4v) is 8.72. The van der Waals surface area contributed by atoms with Crippen LogP contribution >= 0.6 is 0 Å². The number of aryl methyl sites for hydroxylation is 3. The summed E-state index contributed by atoms with van der Waals surface area (Å²) in [6.45, 7) is 6.16. The summed E-state index contributed by atoms with van der Waals surface area (Å²) in [6.07, 6.45) is 8.49. The summed E-state index contributed by atoms with van der Waals surface area (Å²) in [5.74, 6) is 6.04. The summed E-state index contributed by atoms with van der Waals surface area (Å²) in [6, 6.07) is 13.5. The van der Waals surface area contributed by atoms with E-state index >= 15 is 0 Å². The molecule has 0 radical (unpaired) electrons. The highest BCUT2D eigenvalue weighted by molar-refractivity contribution is 7.97. The summed E-state index contributed by atoms with van der Waals surface area (Å²) in [5, 5.41) is 9.73. The minimum Gasteiger partial charge on any atom is -0.507 e. The molecule has 0 aliphatic carbocycles. The second-order valence-electron chi connectivity index (χ2n) is 8.14. The van der Waals surface area contributed by atoms with Crippen LogP contribution < -0.4 is 0 Å². The van der Waals surface area contributed by atoms with Crippen molar-refractivity contribution in [2.24, 2.45) is 0 Å². The van der Waals surface area contributed by atoms with Gasteiger partial charge in [0.2, 0.25) is 0 Å². The topological polar surface area (TPSA) is 20.2 Å². The van der Waals surface area contributed by atoms with E-state index in [0.29, 0.717) is 27.5 Å². The van der Waals surface area contributed by atoms with Gasteiger partial charge in [0.25, 0.3) is 0 Å². The summed E-state index contributed by atoms with van der Waals surface area (Å²) >= 11 is 0. The van der Waals surface area contributed by atoms with E-state index in [0.717, 1.165) is 11.1 Å². The number of rotatable bonds is 2. The summed E-state index contributed by atoms with van der Waals surface area (Å²) in [7, 11) is 1.04. The monoisotopic (exact) mass is 416 g/mol. The van der Waals surface area contributed by atoms with Crippen LogP contribution in [0.3, 0.4) is 0 Å². The molecule has 28 heavy (non-hydrogen) atoms. The van der Waals surface area contributed by atoms with Gasteiger partial charge in [-0.3, -0.25) is 0 Å². The molecule has 0 atom stereocenters. The molecule has 2 aliphatic heterocycles. The van der Waals surface area contributed by atoms with Crippen molar-refractivity contribution >= 4 is 21.8 Å². The Bertz CT molecular complexity index is 719. The highest BCUT2D eigenvalue weighted by Gasteiger charge is 2.26. The number of phenolic OH excluding ortho intramolecular Hbond substituents is 1. The molecule has 0 aromatic heterocycles. The number of hydrogen-bond donors (Lipinski definition) is 1. The van der Waals surface area contributed by atoms with Gasteiger partial charge in [-0.15, -0.1) is 0 Å². The van der Waals surface area contributed by atoms with Crippen molar-refractivity contribution in [3.63, 3.8) is 0 Å². The summed E-state index contributed by atoms with van der Waals surface area (Å²) in [5.41, 5.74) is 3.44. The van der Waals surface area contributed by atoms with Gasteiger partial charge in [0, 0.05) is 21.8 Å². The van der Waals surface area contributed by atoms with Crippen molar-refractivity contribution in [1.82, 2.24) is 0 Å². The summed E-state index contributed by atoms with van der Waals surface area (Å²) in [4.78, 5) is 3.05. The minimum absolute atomic E-state index is 0.452. The maximum absolute atomic E-state index is 9.73. The Morgan fingerprint density at radius 3 is 1.50 bits per heavy atom. The number of aromatic hydroxyl groups is 1. The lowest BCUT2D eigenvalue weighted by Crippen LogP contribution is -2.17. The predicted molar refractivity (Wildman–Crippen MR) is 127 cm³/mol. The zero-order valence-electron chi connectivity index (χ0n) is 17.8. The normalized spacial score (nSPS) is 18.4. The smallest absolute Gasteiger partial charge is 0.155 e. The van der Waals surface area contributed by atoms with E-state index in [1.165, 1.54) is 72.0 Å². The molecule has 0 spiro atoms. The van der Waals surface area contributed by atoms with E-state index in [1.807, 2.05) is 13.8 Å². The average Bonchev–Trinajstić information content (AvgIpc) is 2.74. The van der Waals surface area contributed by atoms with Crippen molar-refractivity contribution in [3.8, 4) is 5.75 Å². The third kappa shape index (κ3) is 5.97. The van der Waals surface area contributed by atoms with Crippen LogP contribution in [0.5, 0.6) is 5.75 Å². The van der Waals surface area contributed by atoms with Crippen molar-refractivity contribution in [2.75, 3.05) is 23.0 Å². The van der Waals surface area contributed by atoms with E-state index in [4.69, 9.17) is 0 Å². The lowest BCUT2D eigenvalue weighted by atomic mass is 10.1. The van der Waals surface area contributed by atoms with Crippen LogP contribution in [0.25, 0.3) is 0 Å². The molecule has 2 aromatic rings. The molecule has 2 aliphatic rings. The van der Waals surface area contributed by atoms with Crippen LogP contribution in [0.2, 0.25) is 0 Å². The van der Waals surface area contributed by atoms with Gasteiger partial charge in [-0.2, -0.15) is 0 Å². The Morgan fingerprint density at radius 1 is 0.607 bits per heavy atom. The third-order valence-corrected chi connectivity index (χ3v) is 10.7. The molecule has 1 N–H and O–H groups in total. The number of hydrogen-bond acceptors (Lipinski definition) is 1. The minimum atomic E-state index is 0.452. The molecule has 4 rings (SSSR count). The maximum Gasteiger partial charge on any atom is 0.155 e. The lowest BCUT2D eigenvalue weighted by Gasteiger charge is -2.14. The molecular weight excluding hydrogens is 380 g/mol. The SMILES string of the molecule is Cc1cc([S+]2CCCCC2)cc(C)c1O.Cc1ccc([S+]2CCCCC2)cc1. The first-order chi connectivity index (χ1) is 13.5. The van der Waals surface area contributed by atoms with Gasteiger partial charge in [0.1, 0.15) is 28.8 Å². The molecule has 0 unspecified atom stereocenters. The van der Waals surface area contributed by atoms with Crippen molar-refractivity contribution in [1.29, 1.82) is 0 Å². The molecule has 0 amide bonds. The molecular formula is C25H36OS2+2. The highest BCUT2D eigenvalue weighted by atomic mass is 32.2. The van der Waals surface area contributed by atoms with Crippen LogP contribution in [0.15, 0.2) is 46.2 Å². The van der Waals surface area contributed by atoms with Crippen LogP contribution in [0.1, 0.15) is 55.2 Å². The Balaban J connectivity index is 0.000000162. The molecule has 2 fully saturated rings. The van der Waals surface area contributed by atoms with Crippen molar-refractivity contribution < 1.29 is 5.11 Å². The van der Waals surface area contributed by atoms with Crippen LogP contribution in [-0.2, 0) is 21.8 Å². The maximum atomic E-state index is 9.73. The Hall–Kier alpha value is -1.06. The van der Waals surface area contributed by atoms with Gasteiger partial charge in [-0.25, -0.2) is 0 Å². The molecule has 2 saturated heterocycles. The standard InChI is InChI=1S/C13H18OS.C12H17S/c1-10-8-12(9-11(2)13(10)14)15-6-4-3-5-7-15;1-11-5-7-12(8-6-11)13-9-3-2-4-10-13/h8-9H,3-7H2,1-2H3;5-8H,2-4,9-10H2,1H3/q;+1/p+1. The second kappa shape index (κ2) is 10.6. The quantitative estimate of drug-likeness (QED) is 0.567. The molecule has 152 valence electrons. The zero-order valence-corrected chi connectivity index (χ0v) is 19.4. The van der Waals surface area contributed by atoms with Gasteiger partial charge in [0.15, 0.2) is 9.79 Å². The predicted octanol–water partition coefficient (Wildman–Crippen LogP) is 6.33. The lowest BCUT2D eigenvalue weighted by molar-refractivity contribution is 0.466. The molecule has 1 nitrogen and oxygen atoms in total. The largest absolute Gasteiger partial charge is 0.507 e. The van der Waals surface area contributed by atoms with Gasteiger partial charge in [-0.05, 0) is 94.7 Å². The van der Waals surface area contributed by atoms with Crippen molar-refractivity contribution in [2.45, 2.75) is 69.1 Å². The fourth-order valence-electron chi connectivity index (χ4n) is 3.95. The van der Waals surface area contributed by atoms with Crippen LogP contribution in [-0.4, -0.2) is 28.1 Å². The Morgan fingerprint density at radius 2 is 1.04 bits per heavy atom. The fraction of sp³-hybridized carbons (Fsp3) is 0.520. The van der Waals surface area contributed by atoms with Crippen LogP contribution in [0.4, 0.5) is 0 Å². The molecule has 3 heteroatoms. The third-order valence-electron chi connectivity index (χ3n) is 5.72. The van der Waals surface area contributed by atoms with Gasteiger partial charge in [0.05, 0.1) is 0 Å². The average molecular weight is 417 g/mol. The van der Waals surface area contributed by atoms with Crippen LogP contribution in [0, 0.1) is 20.8 Å². The van der Waals surface area contributed by atoms with Gasteiger partial charge < -0.3 is 5.11 Å². The number of benzene rings is 2. The van der Waals surface area contributed by atoms with Crippen molar-refractivity contribution in [3.05, 3.63) is 53.1 Å². The summed E-state index contributed by atoms with van der Waals surface area (Å²) < 4.78 is 0. The molecule has 0 bridgehead atoms. The second-order valence-corrected chi connectivity index (χ2v) is 12.7. The van der Waals surface area contributed by atoms with Gasteiger partial charge in [-0.1, -0.05) is 17.7 Å². The molecule has 2 aromatic carbocycles. The van der Waals surface area contributed by atoms with Gasteiger partial charge >= 0.3 is 0 Å². The first kappa shape index (κ1) is 21.6. The van der Waals surface area contributed by atoms with E-state index in [1.54, 1.807) is 4.90 Å². The zero-order chi connectivity index (χ0) is 19.9. The first-order valence-electron chi connectivity index (χ1n) is 10.8. The van der Waals surface area contributed by atoms with E-state index in [9.17, 15) is 5.11 Å². The molecule has 0 saturated carbocycles. The van der Waals surface area contributed by atoms with E-state index < -0.39 is 0 Å². The Kier molecular flexibility index (Phi) is 8.23. The Labute approximate surface area is 177 Å². The first-order valence-corrected chi connectivity index (χ1v) is 13.9. The highest BCUT2D eigenvalue weighted by Crippen LogP contribution is 2.29. The van der Waals surface area contributed by atoms with E-state index in [2.05, 4.69) is 43.3 Å². The number of phenols is 1. The molecule has 2 heterocycles. The van der Waals surface area contributed by atoms with E-state index in [-0.39, 0.29) is 0 Å².